The van der Waals surface area contributed by atoms with E-state index in [1.54, 1.807) is 39.8 Å². The molecule has 7 N–H and O–H groups in total. The second-order valence-corrected chi connectivity index (χ2v) is 12.0. The van der Waals surface area contributed by atoms with Crippen LogP contribution >= 0.6 is 23.2 Å². The molecule has 10 nitrogen and oxygen atoms in total. The zero-order chi connectivity index (χ0) is 28.6. The first-order valence-electron chi connectivity index (χ1n) is 12.5. The molecule has 208 valence electrons. The molecule has 0 fully saturated rings. The highest BCUT2D eigenvalue weighted by Crippen LogP contribution is 2.38. The van der Waals surface area contributed by atoms with Gasteiger partial charge in [-0.1, -0.05) is 64.2 Å². The normalized spacial score (nSPS) is 19.7. The van der Waals surface area contributed by atoms with Crippen molar-refractivity contribution in [2.75, 3.05) is 0 Å². The lowest BCUT2D eigenvalue weighted by Gasteiger charge is -2.40. The summed E-state index contributed by atoms with van der Waals surface area (Å²) in [5, 5.41) is 18.8. The van der Waals surface area contributed by atoms with E-state index in [4.69, 9.17) is 28.9 Å². The lowest BCUT2D eigenvalue weighted by Crippen LogP contribution is -2.67. The van der Waals surface area contributed by atoms with Crippen LogP contribution in [0.15, 0.2) is 12.1 Å². The number of rotatable bonds is 8. The van der Waals surface area contributed by atoms with Crippen molar-refractivity contribution in [3.8, 4) is 0 Å². The largest absolute Gasteiger partial charge is 0.465 e. The van der Waals surface area contributed by atoms with Crippen LogP contribution in [-0.4, -0.2) is 51.5 Å². The van der Waals surface area contributed by atoms with Gasteiger partial charge in [0.25, 0.3) is 0 Å². The average molecular weight is 569 g/mol. The second kappa shape index (κ2) is 11.0. The van der Waals surface area contributed by atoms with Crippen molar-refractivity contribution >= 4 is 57.9 Å². The number of carboxylic acid groups (broad SMARTS) is 1. The minimum atomic E-state index is -1.50. The van der Waals surface area contributed by atoms with Crippen LogP contribution in [0.3, 0.4) is 0 Å². The van der Waals surface area contributed by atoms with Gasteiger partial charge in [-0.15, -0.1) is 0 Å². The number of nitrogens with two attached hydrogens (primary N) is 1. The van der Waals surface area contributed by atoms with Gasteiger partial charge in [0.1, 0.15) is 17.6 Å². The summed E-state index contributed by atoms with van der Waals surface area (Å²) in [6.45, 7) is 8.90. The maximum absolute atomic E-state index is 14.0. The Bertz CT molecular complexity index is 1270. The molecule has 3 rings (SSSR count). The van der Waals surface area contributed by atoms with Crippen LogP contribution in [-0.2, 0) is 27.2 Å². The van der Waals surface area contributed by atoms with Crippen LogP contribution in [0, 0.1) is 11.3 Å². The van der Waals surface area contributed by atoms with Crippen molar-refractivity contribution < 1.29 is 24.3 Å². The number of aromatic amines is 1. The number of amides is 4. The molecule has 12 heteroatoms. The molecule has 4 amide bonds. The number of nitrogens with one attached hydrogen (secondary N) is 4. The first-order valence-corrected chi connectivity index (χ1v) is 13.3. The minimum absolute atomic E-state index is 0.0620. The van der Waals surface area contributed by atoms with Crippen molar-refractivity contribution in [3.63, 3.8) is 0 Å². The van der Waals surface area contributed by atoms with Crippen LogP contribution in [0.1, 0.15) is 58.7 Å². The van der Waals surface area contributed by atoms with E-state index in [0.29, 0.717) is 33.8 Å². The van der Waals surface area contributed by atoms with Crippen LogP contribution in [0.5, 0.6) is 0 Å². The Labute approximate surface area is 231 Å². The molecule has 0 bridgehead atoms. The highest BCUT2D eigenvalue weighted by Gasteiger charge is 2.47. The zero-order valence-electron chi connectivity index (χ0n) is 22.1. The topological polar surface area (TPSA) is 166 Å². The van der Waals surface area contributed by atoms with Gasteiger partial charge in [0, 0.05) is 22.5 Å². The van der Waals surface area contributed by atoms with E-state index in [1.807, 2.05) is 6.92 Å². The number of aromatic nitrogens is 1. The number of aryl methyl sites for hydroxylation is 1. The molecule has 0 spiro atoms. The van der Waals surface area contributed by atoms with E-state index in [2.05, 4.69) is 20.9 Å². The lowest BCUT2D eigenvalue weighted by atomic mass is 9.77. The Morgan fingerprint density at radius 2 is 1.84 bits per heavy atom. The van der Waals surface area contributed by atoms with Gasteiger partial charge in [-0.05, 0) is 41.9 Å². The molecule has 2 aromatic rings. The molecule has 0 saturated carbocycles. The highest BCUT2D eigenvalue weighted by molar-refractivity contribution is 6.38. The number of hydrogen-bond donors (Lipinski definition) is 6. The molecule has 38 heavy (non-hydrogen) atoms. The van der Waals surface area contributed by atoms with Gasteiger partial charge in [-0.3, -0.25) is 14.4 Å². The Morgan fingerprint density at radius 1 is 1.18 bits per heavy atom. The summed E-state index contributed by atoms with van der Waals surface area (Å²) >= 11 is 12.7. The van der Waals surface area contributed by atoms with Gasteiger partial charge < -0.3 is 31.8 Å². The van der Waals surface area contributed by atoms with E-state index in [9.17, 15) is 24.3 Å². The third-order valence-electron chi connectivity index (χ3n) is 7.30. The molecule has 0 radical (unpaired) electrons. The summed E-state index contributed by atoms with van der Waals surface area (Å²) in [5.74, 6) is -2.28. The molecule has 0 saturated heterocycles. The van der Waals surface area contributed by atoms with Crippen molar-refractivity contribution in [2.45, 2.75) is 77.9 Å². The number of fused-ring (bicyclic) bond motifs is 3. The quantitative estimate of drug-likeness (QED) is 0.286. The molecular formula is C26H35Cl2N5O5. The van der Waals surface area contributed by atoms with E-state index < -0.39 is 46.9 Å². The lowest BCUT2D eigenvalue weighted by molar-refractivity contribution is -0.138. The Morgan fingerprint density at radius 3 is 2.39 bits per heavy atom. The minimum Gasteiger partial charge on any atom is -0.465 e. The molecule has 1 aliphatic rings. The molecule has 0 aliphatic heterocycles. The molecular weight excluding hydrogens is 533 g/mol. The number of carbonyl (C=O) groups is 4. The summed E-state index contributed by atoms with van der Waals surface area (Å²) in [7, 11) is 0. The molecule has 0 unspecified atom stereocenters. The molecule has 1 aromatic carbocycles. The first-order chi connectivity index (χ1) is 17.6. The Kier molecular flexibility index (Phi) is 8.58. The smallest absolute Gasteiger partial charge is 0.405 e. The van der Waals surface area contributed by atoms with Crippen LogP contribution < -0.4 is 21.7 Å². The molecule has 1 heterocycles. The summed E-state index contributed by atoms with van der Waals surface area (Å²) in [5.41, 5.74) is 5.70. The number of carbonyl (C=O) groups excluding carboxylic acids is 3. The van der Waals surface area contributed by atoms with Crippen molar-refractivity contribution in [3.05, 3.63) is 33.4 Å². The SMILES string of the molecule is CC[C@H](C)[C@H](NC(=O)O)C(=O)N[C@]1(C(=O)N[C@H](C(N)=O)C(C)(C)C)CCc2[nH]c3c(Cl)cc(Cl)cc3c2C1. The van der Waals surface area contributed by atoms with E-state index in [1.165, 1.54) is 0 Å². The third-order valence-corrected chi connectivity index (χ3v) is 7.81. The van der Waals surface area contributed by atoms with Gasteiger partial charge >= 0.3 is 6.09 Å². The number of primary amides is 1. The number of benzene rings is 1. The van der Waals surface area contributed by atoms with Gasteiger partial charge in [0.2, 0.25) is 17.7 Å². The van der Waals surface area contributed by atoms with Gasteiger partial charge in [0.05, 0.1) is 10.5 Å². The average Bonchev–Trinajstić information content (AvgIpc) is 3.17. The summed E-state index contributed by atoms with van der Waals surface area (Å²) in [6.07, 6.45) is -0.201. The summed E-state index contributed by atoms with van der Waals surface area (Å²) in [4.78, 5) is 54.5. The summed E-state index contributed by atoms with van der Waals surface area (Å²) in [6, 6.07) is 1.25. The van der Waals surface area contributed by atoms with Gasteiger partial charge in [0.15, 0.2) is 0 Å². The van der Waals surface area contributed by atoms with E-state index >= 15 is 0 Å². The number of halogens is 2. The van der Waals surface area contributed by atoms with Crippen molar-refractivity contribution in [2.24, 2.45) is 17.1 Å². The van der Waals surface area contributed by atoms with Gasteiger partial charge in [-0.25, -0.2) is 4.79 Å². The third kappa shape index (κ3) is 6.02. The van der Waals surface area contributed by atoms with E-state index in [-0.39, 0.29) is 18.8 Å². The van der Waals surface area contributed by atoms with Crippen LogP contribution in [0.2, 0.25) is 10.0 Å². The predicted octanol–water partition coefficient (Wildman–Crippen LogP) is 3.52. The maximum Gasteiger partial charge on any atom is 0.405 e. The number of hydrogen-bond acceptors (Lipinski definition) is 4. The van der Waals surface area contributed by atoms with E-state index in [0.717, 1.165) is 11.3 Å². The maximum atomic E-state index is 14.0. The highest BCUT2D eigenvalue weighted by atomic mass is 35.5. The fourth-order valence-electron chi connectivity index (χ4n) is 4.96. The molecule has 4 atom stereocenters. The van der Waals surface area contributed by atoms with Crippen LogP contribution in [0.4, 0.5) is 4.79 Å². The Hall–Kier alpha value is -2.98. The zero-order valence-corrected chi connectivity index (χ0v) is 23.6. The monoisotopic (exact) mass is 567 g/mol. The second-order valence-electron chi connectivity index (χ2n) is 11.1. The fraction of sp³-hybridized carbons (Fsp3) is 0.538. The van der Waals surface area contributed by atoms with Crippen molar-refractivity contribution in [1.29, 1.82) is 0 Å². The Balaban J connectivity index is 2.10. The van der Waals surface area contributed by atoms with Crippen molar-refractivity contribution in [1.82, 2.24) is 20.9 Å². The number of H-pyrrole nitrogens is 1. The van der Waals surface area contributed by atoms with Gasteiger partial charge in [-0.2, -0.15) is 0 Å². The standard InChI is InChI=1S/C26H35Cl2N5O5/c1-6-12(2)18(31-24(37)38)22(35)33-26(23(36)32-20(21(29)34)25(3,4)5)8-7-17-15(11-26)14-9-13(27)10-16(28)19(14)30-17/h9-10,12,18,20,30-31H,6-8,11H2,1-5H3,(H2,29,34)(H,32,36)(H,33,35)(H,37,38)/t12-,18-,20+,26+/m0/s1. The molecule has 1 aromatic heterocycles. The van der Waals surface area contributed by atoms with Crippen LogP contribution in [0.25, 0.3) is 10.9 Å². The predicted molar refractivity (Wildman–Crippen MR) is 146 cm³/mol. The molecule has 1 aliphatic carbocycles. The summed E-state index contributed by atoms with van der Waals surface area (Å²) < 4.78 is 0. The fourth-order valence-corrected chi connectivity index (χ4v) is 5.50. The first kappa shape index (κ1) is 29.6.